The second-order valence-electron chi connectivity index (χ2n) is 1.98. The Balaban J connectivity index is 0.000000605. The van der Waals surface area contributed by atoms with Crippen LogP contribution in [0.1, 0.15) is 5.82 Å². The van der Waals surface area contributed by atoms with Crippen LogP contribution in [-0.4, -0.2) is 19.9 Å². The van der Waals surface area contributed by atoms with Crippen molar-refractivity contribution in [2.45, 2.75) is 6.92 Å². The molecule has 0 radical (unpaired) electrons. The molecule has 0 aromatic carbocycles. The van der Waals surface area contributed by atoms with Gasteiger partial charge in [-0.3, -0.25) is 4.98 Å². The Bertz CT molecular complexity index is 356. The molecule has 0 spiro atoms. The second kappa shape index (κ2) is 3.33. The van der Waals surface area contributed by atoms with Crippen LogP contribution in [0.2, 0.25) is 0 Å². The van der Waals surface area contributed by atoms with Gasteiger partial charge in [-0.2, -0.15) is 0 Å². The van der Waals surface area contributed by atoms with Crippen LogP contribution in [0.15, 0.2) is 6.33 Å². The molecule has 4 nitrogen and oxygen atoms in total. The summed E-state index contributed by atoms with van der Waals surface area (Å²) >= 11 is 0. The summed E-state index contributed by atoms with van der Waals surface area (Å²) in [5.41, 5.74) is 1.43. The van der Waals surface area contributed by atoms with Gasteiger partial charge in [-0.25, -0.2) is 0 Å². The molecule has 2 rings (SSSR count). The molecular formula is C6H5N4U-. The number of aromatic nitrogens is 4. The first-order chi connectivity index (χ1) is 4.86. The van der Waals surface area contributed by atoms with Crippen LogP contribution in [0.5, 0.6) is 0 Å². The number of imidazole rings is 1. The van der Waals surface area contributed by atoms with Gasteiger partial charge in [-0.1, -0.05) is 13.1 Å². The Labute approximate surface area is 87.2 Å². The molecule has 0 atom stereocenters. The maximum absolute atomic E-state index is 4.05. The van der Waals surface area contributed by atoms with Gasteiger partial charge in [0, 0.05) is 36.9 Å². The largest absolute Gasteiger partial charge is 0.371 e. The van der Waals surface area contributed by atoms with Crippen molar-refractivity contribution in [3.8, 4) is 0 Å². The van der Waals surface area contributed by atoms with Crippen LogP contribution in [0.3, 0.4) is 0 Å². The average Bonchev–Trinajstić information content (AvgIpc) is 2.33. The van der Waals surface area contributed by atoms with Crippen LogP contribution in [0.25, 0.3) is 11.2 Å². The van der Waals surface area contributed by atoms with Crippen molar-refractivity contribution >= 4 is 11.2 Å². The predicted octanol–water partition coefficient (Wildman–Crippen LogP) is 0.462. The first-order valence-electron chi connectivity index (χ1n) is 2.91. The quantitative estimate of drug-likeness (QED) is 0.685. The van der Waals surface area contributed by atoms with Gasteiger partial charge < -0.3 is 15.0 Å². The maximum Gasteiger partial charge on any atom is 0.0790 e. The molecule has 2 aromatic heterocycles. The third-order valence-corrected chi connectivity index (χ3v) is 1.22. The number of H-pyrrole nitrogens is 1. The summed E-state index contributed by atoms with van der Waals surface area (Å²) in [5.74, 6) is 0.694. The molecule has 5 heteroatoms. The molecule has 11 heavy (non-hydrogen) atoms. The van der Waals surface area contributed by atoms with E-state index in [2.05, 4.69) is 26.1 Å². The summed E-state index contributed by atoms with van der Waals surface area (Å²) in [4.78, 5) is 14.7. The number of nitrogens with one attached hydrogen (secondary N) is 1. The van der Waals surface area contributed by atoms with E-state index in [1.807, 2.05) is 6.92 Å². The van der Waals surface area contributed by atoms with E-state index in [4.69, 9.17) is 0 Å². The standard InChI is InChI=1S/C6H5N4.U/c1-4-7-2-5-6(10-4)9-3-8-5;/h3H,1H3,(H,7,8,9,10);/q-1;. The fourth-order valence-electron chi connectivity index (χ4n) is 0.769. The van der Waals surface area contributed by atoms with Gasteiger partial charge in [0.25, 0.3) is 0 Å². The topological polar surface area (TPSA) is 54.5 Å². The zero-order valence-electron chi connectivity index (χ0n) is 5.92. The molecule has 0 aliphatic carbocycles. The maximum atomic E-state index is 4.05. The second-order valence-corrected chi connectivity index (χ2v) is 1.98. The molecule has 0 aliphatic rings. The van der Waals surface area contributed by atoms with E-state index in [1.54, 1.807) is 6.33 Å². The SMILES string of the molecule is Cc1n[c-]c2[nH]cnc2n1.[U]. The van der Waals surface area contributed by atoms with E-state index in [-0.39, 0.29) is 31.1 Å². The molecule has 2 heterocycles. The number of hydrogen-bond donors (Lipinski definition) is 1. The molecule has 0 saturated heterocycles. The fourth-order valence-corrected chi connectivity index (χ4v) is 0.769. The van der Waals surface area contributed by atoms with E-state index < -0.39 is 0 Å². The molecule has 2 aromatic rings. The minimum absolute atomic E-state index is 0. The van der Waals surface area contributed by atoms with Crippen molar-refractivity contribution in [2.75, 3.05) is 0 Å². The van der Waals surface area contributed by atoms with Crippen LogP contribution < -0.4 is 0 Å². The summed E-state index contributed by atoms with van der Waals surface area (Å²) in [5, 5.41) is 0. The smallest absolute Gasteiger partial charge is 0.0790 e. The Hall–Kier alpha value is -0.398. The fraction of sp³-hybridized carbons (Fsp3) is 0.167. The van der Waals surface area contributed by atoms with E-state index in [0.717, 1.165) is 5.52 Å². The average molecular weight is 371 g/mol. The molecule has 54 valence electrons. The number of aryl methyl sites for hydroxylation is 1. The van der Waals surface area contributed by atoms with Crippen molar-refractivity contribution in [3.63, 3.8) is 0 Å². The number of nitrogens with zero attached hydrogens (tertiary/aromatic N) is 3. The van der Waals surface area contributed by atoms with Gasteiger partial charge in [0.15, 0.2) is 0 Å². The van der Waals surface area contributed by atoms with E-state index >= 15 is 0 Å². The van der Waals surface area contributed by atoms with Crippen molar-refractivity contribution in [1.82, 2.24) is 19.9 Å². The number of rotatable bonds is 0. The third-order valence-electron chi connectivity index (χ3n) is 1.22. The molecule has 1 N–H and O–H groups in total. The summed E-state index contributed by atoms with van der Waals surface area (Å²) in [7, 11) is 0. The first-order valence-corrected chi connectivity index (χ1v) is 2.91. The van der Waals surface area contributed by atoms with Crippen molar-refractivity contribution < 1.29 is 31.1 Å². The first kappa shape index (κ1) is 8.70. The van der Waals surface area contributed by atoms with E-state index in [0.29, 0.717) is 11.5 Å². The van der Waals surface area contributed by atoms with Crippen molar-refractivity contribution in [3.05, 3.63) is 18.3 Å². The molecule has 0 saturated carbocycles. The Morgan fingerprint density at radius 1 is 1.55 bits per heavy atom. The van der Waals surface area contributed by atoms with Crippen LogP contribution in [0.4, 0.5) is 0 Å². The van der Waals surface area contributed by atoms with Crippen LogP contribution >= 0.6 is 0 Å². The molecule has 0 aliphatic heterocycles. The molecule has 0 amide bonds. The monoisotopic (exact) mass is 371 g/mol. The number of fused-ring (bicyclic) bond motifs is 1. The normalized spacial score (nSPS) is 9.55. The summed E-state index contributed by atoms with van der Waals surface area (Å²) in [6, 6.07) is 0. The Morgan fingerprint density at radius 3 is 3.18 bits per heavy atom. The Morgan fingerprint density at radius 2 is 2.36 bits per heavy atom. The van der Waals surface area contributed by atoms with Gasteiger partial charge >= 0.3 is 0 Å². The minimum Gasteiger partial charge on any atom is -0.371 e. The van der Waals surface area contributed by atoms with Crippen molar-refractivity contribution in [1.29, 1.82) is 0 Å². The van der Waals surface area contributed by atoms with Crippen LogP contribution in [-0.2, 0) is 0 Å². The van der Waals surface area contributed by atoms with E-state index in [1.165, 1.54) is 0 Å². The Kier molecular flexibility index (Phi) is 2.63. The predicted molar refractivity (Wildman–Crippen MR) is 35.3 cm³/mol. The molecule has 0 unspecified atom stereocenters. The zero-order valence-corrected chi connectivity index (χ0v) is 10.1. The van der Waals surface area contributed by atoms with Gasteiger partial charge in [-0.15, -0.1) is 0 Å². The van der Waals surface area contributed by atoms with Gasteiger partial charge in [0.1, 0.15) is 0 Å². The van der Waals surface area contributed by atoms with E-state index in [9.17, 15) is 0 Å². The van der Waals surface area contributed by atoms with Gasteiger partial charge in [-0.05, 0) is 5.52 Å². The van der Waals surface area contributed by atoms with Crippen molar-refractivity contribution in [2.24, 2.45) is 0 Å². The molecule has 0 bridgehead atoms. The number of aromatic amines is 1. The minimum atomic E-state index is 0. The number of hydrogen-bond acceptors (Lipinski definition) is 3. The zero-order chi connectivity index (χ0) is 6.97. The molecular weight excluding hydrogens is 366 g/mol. The summed E-state index contributed by atoms with van der Waals surface area (Å²) in [6.07, 6.45) is 4.35. The van der Waals surface area contributed by atoms with Gasteiger partial charge in [0.2, 0.25) is 0 Å². The van der Waals surface area contributed by atoms with Crippen LogP contribution in [0, 0.1) is 44.2 Å². The molecule has 0 fully saturated rings. The third kappa shape index (κ3) is 1.60. The van der Waals surface area contributed by atoms with Gasteiger partial charge in [0.05, 0.1) is 12.0 Å². The summed E-state index contributed by atoms with van der Waals surface area (Å²) < 4.78 is 0. The summed E-state index contributed by atoms with van der Waals surface area (Å²) in [6.45, 7) is 1.81.